The van der Waals surface area contributed by atoms with E-state index in [1.165, 1.54) is 24.3 Å². The van der Waals surface area contributed by atoms with Crippen LogP contribution in [0.3, 0.4) is 0 Å². The third-order valence-electron chi connectivity index (χ3n) is 4.53. The molecule has 2 saturated heterocycles. The maximum atomic E-state index is 12.6. The monoisotopic (exact) mass is 396 g/mol. The van der Waals surface area contributed by atoms with Gasteiger partial charge in [0, 0.05) is 5.02 Å². The molecule has 2 aliphatic rings. The molecule has 138 valence electrons. The summed E-state index contributed by atoms with van der Waals surface area (Å²) in [5.74, 6) is 0.513. The molecule has 8 heteroatoms. The fraction of sp³-hybridized carbons (Fsp3) is 0.333. The first kappa shape index (κ1) is 17.8. The molecule has 26 heavy (non-hydrogen) atoms. The molecule has 0 aliphatic carbocycles. The van der Waals surface area contributed by atoms with Gasteiger partial charge in [-0.05, 0) is 48.5 Å². The van der Waals surface area contributed by atoms with Crippen molar-refractivity contribution in [3.63, 3.8) is 0 Å². The first-order chi connectivity index (χ1) is 12.4. The third kappa shape index (κ3) is 3.21. The molecule has 2 fully saturated rings. The maximum Gasteiger partial charge on any atom is 0.206 e. The molecule has 2 heterocycles. The van der Waals surface area contributed by atoms with Crippen molar-refractivity contribution in [2.45, 2.75) is 34.2 Å². The molecule has 4 rings (SSSR count). The molecule has 0 bridgehead atoms. The van der Waals surface area contributed by atoms with E-state index in [4.69, 9.17) is 25.8 Å². The standard InChI is InChI=1S/C18H17ClO6S/c19-11-1-5-13(6-2-11)26(21,22)14-7-3-12(4-8-14)25-16-10-24-17-15(20)9-23-18(16)17/h1-8,15-18,20H,9-10H2/t15-,16+,17?,18?/m1/s1. The fourth-order valence-corrected chi connectivity index (χ4v) is 4.55. The maximum absolute atomic E-state index is 12.6. The number of sulfone groups is 1. The molecule has 0 saturated carbocycles. The van der Waals surface area contributed by atoms with Crippen molar-refractivity contribution in [3.8, 4) is 5.75 Å². The van der Waals surface area contributed by atoms with E-state index in [1.807, 2.05) is 0 Å². The molecular weight excluding hydrogens is 380 g/mol. The number of halogens is 1. The van der Waals surface area contributed by atoms with Crippen LogP contribution < -0.4 is 4.74 Å². The lowest BCUT2D eigenvalue weighted by Gasteiger charge is -2.18. The Hall–Kier alpha value is -1.64. The Balaban J connectivity index is 1.49. The Labute approximate surface area is 156 Å². The van der Waals surface area contributed by atoms with Gasteiger partial charge in [0.05, 0.1) is 23.0 Å². The van der Waals surface area contributed by atoms with Gasteiger partial charge in [-0.1, -0.05) is 11.6 Å². The molecule has 2 aromatic carbocycles. The van der Waals surface area contributed by atoms with Crippen LogP contribution in [0.2, 0.25) is 5.02 Å². The minimum absolute atomic E-state index is 0.167. The Bertz CT molecular complexity index is 881. The number of benzene rings is 2. The highest BCUT2D eigenvalue weighted by Gasteiger charge is 2.48. The quantitative estimate of drug-likeness (QED) is 0.852. The van der Waals surface area contributed by atoms with Gasteiger partial charge >= 0.3 is 0 Å². The van der Waals surface area contributed by atoms with Crippen molar-refractivity contribution < 1.29 is 27.7 Å². The van der Waals surface area contributed by atoms with Gasteiger partial charge < -0.3 is 19.3 Å². The molecule has 4 atom stereocenters. The predicted molar refractivity (Wildman–Crippen MR) is 93.2 cm³/mol. The summed E-state index contributed by atoms with van der Waals surface area (Å²) in [6.45, 7) is 0.546. The summed E-state index contributed by atoms with van der Waals surface area (Å²) in [6, 6.07) is 12.2. The van der Waals surface area contributed by atoms with Gasteiger partial charge in [-0.3, -0.25) is 0 Å². The summed E-state index contributed by atoms with van der Waals surface area (Å²) >= 11 is 5.81. The van der Waals surface area contributed by atoms with Crippen LogP contribution in [0, 0.1) is 0 Å². The van der Waals surface area contributed by atoms with Crippen LogP contribution >= 0.6 is 11.6 Å². The molecule has 2 aromatic rings. The number of ether oxygens (including phenoxy) is 3. The van der Waals surface area contributed by atoms with Crippen molar-refractivity contribution in [3.05, 3.63) is 53.6 Å². The van der Waals surface area contributed by atoms with Crippen LogP contribution in [0.15, 0.2) is 58.3 Å². The number of rotatable bonds is 4. The number of aliphatic hydroxyl groups excluding tert-OH is 1. The highest BCUT2D eigenvalue weighted by Crippen LogP contribution is 2.31. The number of aliphatic hydroxyl groups is 1. The normalized spacial score (nSPS) is 28.1. The van der Waals surface area contributed by atoms with Gasteiger partial charge in [-0.15, -0.1) is 0 Å². The molecule has 2 unspecified atom stereocenters. The summed E-state index contributed by atoms with van der Waals surface area (Å²) in [6.07, 6.45) is -1.66. The number of fused-ring (bicyclic) bond motifs is 1. The van der Waals surface area contributed by atoms with Crippen molar-refractivity contribution in [1.82, 2.24) is 0 Å². The highest BCUT2D eigenvalue weighted by atomic mass is 35.5. The fourth-order valence-electron chi connectivity index (χ4n) is 3.17. The Kier molecular flexibility index (Phi) is 4.66. The zero-order valence-electron chi connectivity index (χ0n) is 13.6. The number of hydrogen-bond donors (Lipinski definition) is 1. The molecule has 0 radical (unpaired) electrons. The zero-order chi connectivity index (χ0) is 18.3. The summed E-state index contributed by atoms with van der Waals surface area (Å²) < 4.78 is 42.1. The zero-order valence-corrected chi connectivity index (χ0v) is 15.2. The topological polar surface area (TPSA) is 82.1 Å². The van der Waals surface area contributed by atoms with E-state index in [1.54, 1.807) is 24.3 Å². The lowest BCUT2D eigenvalue weighted by Crippen LogP contribution is -2.34. The minimum Gasteiger partial charge on any atom is -0.485 e. The average molecular weight is 397 g/mol. The SMILES string of the molecule is O=S(=O)(c1ccc(Cl)cc1)c1ccc(O[C@H]2COC3C2OC[C@H]3O)cc1. The summed E-state index contributed by atoms with van der Waals surface area (Å²) in [5.41, 5.74) is 0. The van der Waals surface area contributed by atoms with Crippen LogP contribution in [-0.2, 0) is 19.3 Å². The van der Waals surface area contributed by atoms with E-state index < -0.39 is 15.9 Å². The van der Waals surface area contributed by atoms with Crippen LogP contribution in [-0.4, -0.2) is 51.2 Å². The second-order valence-corrected chi connectivity index (χ2v) is 8.63. The predicted octanol–water partition coefficient (Wildman–Crippen LogP) is 2.08. The van der Waals surface area contributed by atoms with Gasteiger partial charge in [0.25, 0.3) is 0 Å². The van der Waals surface area contributed by atoms with Gasteiger partial charge in [0.2, 0.25) is 9.84 Å². The van der Waals surface area contributed by atoms with Gasteiger partial charge in [-0.2, -0.15) is 0 Å². The minimum atomic E-state index is -3.62. The van der Waals surface area contributed by atoms with Crippen molar-refractivity contribution >= 4 is 21.4 Å². The smallest absolute Gasteiger partial charge is 0.206 e. The van der Waals surface area contributed by atoms with Crippen LogP contribution in [0.4, 0.5) is 0 Å². The molecule has 0 spiro atoms. The van der Waals surface area contributed by atoms with Gasteiger partial charge in [0.15, 0.2) is 6.10 Å². The molecule has 0 aromatic heterocycles. The van der Waals surface area contributed by atoms with Crippen LogP contribution in [0.25, 0.3) is 0 Å². The highest BCUT2D eigenvalue weighted by molar-refractivity contribution is 7.91. The van der Waals surface area contributed by atoms with E-state index in [9.17, 15) is 13.5 Å². The van der Waals surface area contributed by atoms with Crippen molar-refractivity contribution in [2.24, 2.45) is 0 Å². The van der Waals surface area contributed by atoms with E-state index in [0.29, 0.717) is 17.4 Å². The summed E-state index contributed by atoms with van der Waals surface area (Å²) in [4.78, 5) is 0.344. The second kappa shape index (κ2) is 6.83. The lowest BCUT2D eigenvalue weighted by molar-refractivity contribution is 0.00862. The number of hydrogen-bond acceptors (Lipinski definition) is 6. The van der Waals surface area contributed by atoms with Crippen molar-refractivity contribution in [1.29, 1.82) is 0 Å². The molecule has 2 aliphatic heterocycles. The van der Waals surface area contributed by atoms with E-state index >= 15 is 0 Å². The van der Waals surface area contributed by atoms with Gasteiger partial charge in [-0.25, -0.2) is 8.42 Å². The average Bonchev–Trinajstić information content (AvgIpc) is 3.20. The van der Waals surface area contributed by atoms with Crippen LogP contribution in [0.5, 0.6) is 5.75 Å². The molecular formula is C18H17ClO6S. The third-order valence-corrected chi connectivity index (χ3v) is 6.56. The molecule has 0 amide bonds. The summed E-state index contributed by atoms with van der Waals surface area (Å²) in [7, 11) is -3.62. The second-order valence-electron chi connectivity index (χ2n) is 6.25. The molecule has 1 N–H and O–H groups in total. The van der Waals surface area contributed by atoms with E-state index in [-0.39, 0.29) is 34.7 Å². The van der Waals surface area contributed by atoms with E-state index in [2.05, 4.69) is 0 Å². The largest absolute Gasteiger partial charge is 0.485 e. The van der Waals surface area contributed by atoms with Gasteiger partial charge in [0.1, 0.15) is 24.1 Å². The lowest BCUT2D eigenvalue weighted by atomic mass is 10.1. The summed E-state index contributed by atoms with van der Waals surface area (Å²) in [5, 5.41) is 10.2. The van der Waals surface area contributed by atoms with E-state index in [0.717, 1.165) is 0 Å². The Morgan fingerprint density at radius 1 is 0.923 bits per heavy atom. The van der Waals surface area contributed by atoms with Crippen molar-refractivity contribution in [2.75, 3.05) is 13.2 Å². The van der Waals surface area contributed by atoms with Crippen LogP contribution in [0.1, 0.15) is 0 Å². The first-order valence-electron chi connectivity index (χ1n) is 8.14. The Morgan fingerprint density at radius 3 is 2.15 bits per heavy atom. The first-order valence-corrected chi connectivity index (χ1v) is 10.00. The Morgan fingerprint density at radius 2 is 1.50 bits per heavy atom. The molecule has 6 nitrogen and oxygen atoms in total.